The smallest absolute Gasteiger partial charge is 0.264 e. The Kier molecular flexibility index (Phi) is 5.47. The van der Waals surface area contributed by atoms with E-state index in [1.807, 2.05) is 0 Å². The number of sulfonamides is 1. The van der Waals surface area contributed by atoms with Gasteiger partial charge in [-0.3, -0.25) is 10.0 Å². The van der Waals surface area contributed by atoms with E-state index in [2.05, 4.69) is 4.72 Å². The van der Waals surface area contributed by atoms with E-state index in [1.165, 1.54) is 54.0 Å². The zero-order valence-electron chi connectivity index (χ0n) is 15.6. The molecule has 3 atom stereocenters. The summed E-state index contributed by atoms with van der Waals surface area (Å²) in [6, 6.07) is 10.9. The zero-order valence-corrected chi connectivity index (χ0v) is 16.4. The van der Waals surface area contributed by atoms with Crippen LogP contribution in [-0.4, -0.2) is 44.1 Å². The lowest BCUT2D eigenvalue weighted by Crippen LogP contribution is -2.57. The van der Waals surface area contributed by atoms with Crippen molar-refractivity contribution >= 4 is 15.9 Å². The van der Waals surface area contributed by atoms with Crippen molar-refractivity contribution in [2.24, 2.45) is 0 Å². The number of carbonyl (C=O) groups is 1. The molecule has 0 bridgehead atoms. The standard InChI is InChI=1S/C19H19FN2O7S/c20-12-1-3-13(4-2-12)29-14-5-7-15(8-6-14)30(25,26)22-19(18(23)21-24)9-16-17(10-19)28-11-27-16/h1-8,16-17,22,24H,9-11H2,(H,21,23)/t16-,17+,19+. The SMILES string of the molecule is O=C(NO)[C@@]1(NS(=O)(=O)c2ccc(Oc3ccc(F)cc3)cc2)C[C@@H]2OCO[C@@H]2C1. The number of fused-ring (bicyclic) bond motifs is 1. The van der Waals surface area contributed by atoms with Crippen molar-refractivity contribution in [1.29, 1.82) is 0 Å². The van der Waals surface area contributed by atoms with Gasteiger partial charge in [0.05, 0.1) is 17.1 Å². The fourth-order valence-corrected chi connectivity index (χ4v) is 5.03. The molecule has 1 aliphatic heterocycles. The number of hydrogen-bond acceptors (Lipinski definition) is 7. The van der Waals surface area contributed by atoms with Crippen LogP contribution in [0.25, 0.3) is 0 Å². The molecule has 2 aromatic carbocycles. The van der Waals surface area contributed by atoms with Crippen LogP contribution in [0.1, 0.15) is 12.8 Å². The number of amides is 1. The van der Waals surface area contributed by atoms with E-state index >= 15 is 0 Å². The Morgan fingerprint density at radius 2 is 1.57 bits per heavy atom. The third kappa shape index (κ3) is 4.02. The van der Waals surface area contributed by atoms with E-state index in [1.54, 1.807) is 0 Å². The number of rotatable bonds is 6. The summed E-state index contributed by atoms with van der Waals surface area (Å²) in [5.74, 6) is -0.548. The highest BCUT2D eigenvalue weighted by Crippen LogP contribution is 2.38. The monoisotopic (exact) mass is 438 g/mol. The van der Waals surface area contributed by atoms with E-state index in [0.717, 1.165) is 0 Å². The topological polar surface area (TPSA) is 123 Å². The third-order valence-electron chi connectivity index (χ3n) is 5.13. The molecule has 1 heterocycles. The van der Waals surface area contributed by atoms with Crippen molar-refractivity contribution in [2.45, 2.75) is 35.5 Å². The van der Waals surface area contributed by atoms with Crippen molar-refractivity contribution in [3.05, 3.63) is 54.3 Å². The molecule has 0 spiro atoms. The molecule has 1 saturated heterocycles. The second kappa shape index (κ2) is 7.93. The van der Waals surface area contributed by atoms with E-state index < -0.39 is 39.5 Å². The average molecular weight is 438 g/mol. The van der Waals surface area contributed by atoms with Gasteiger partial charge < -0.3 is 14.2 Å². The Bertz CT molecular complexity index is 1020. The predicted molar refractivity (Wildman–Crippen MR) is 99.7 cm³/mol. The van der Waals surface area contributed by atoms with Crippen LogP contribution < -0.4 is 14.9 Å². The van der Waals surface area contributed by atoms with Gasteiger partial charge in [-0.15, -0.1) is 0 Å². The molecule has 3 N–H and O–H groups in total. The first-order valence-corrected chi connectivity index (χ1v) is 10.5. The Hall–Kier alpha value is -2.57. The molecule has 9 nitrogen and oxygen atoms in total. The van der Waals surface area contributed by atoms with Gasteiger partial charge in [0.1, 0.15) is 29.6 Å². The normalized spacial score (nSPS) is 25.7. The highest BCUT2D eigenvalue weighted by molar-refractivity contribution is 7.89. The molecule has 0 aromatic heterocycles. The molecule has 0 radical (unpaired) electrons. The van der Waals surface area contributed by atoms with E-state index in [9.17, 15) is 17.6 Å². The number of hydrogen-bond donors (Lipinski definition) is 3. The number of carbonyl (C=O) groups excluding carboxylic acids is 1. The molecule has 2 aromatic rings. The summed E-state index contributed by atoms with van der Waals surface area (Å²) in [6.45, 7) is 0.0778. The molecule has 1 amide bonds. The van der Waals surface area contributed by atoms with Gasteiger partial charge in [-0.25, -0.2) is 18.3 Å². The Labute approximate surface area is 171 Å². The van der Waals surface area contributed by atoms with Crippen LogP contribution >= 0.6 is 0 Å². The lowest BCUT2D eigenvalue weighted by molar-refractivity contribution is -0.136. The molecule has 4 rings (SSSR count). The predicted octanol–water partition coefficient (Wildman–Crippen LogP) is 1.68. The minimum atomic E-state index is -4.12. The number of ether oxygens (including phenoxy) is 3. The minimum absolute atomic E-state index is 0.0229. The van der Waals surface area contributed by atoms with Crippen molar-refractivity contribution in [3.63, 3.8) is 0 Å². The van der Waals surface area contributed by atoms with Crippen LogP contribution in [-0.2, 0) is 24.3 Å². The van der Waals surface area contributed by atoms with Crippen LogP contribution in [0.4, 0.5) is 4.39 Å². The molecule has 2 fully saturated rings. The molecule has 2 aliphatic rings. The van der Waals surface area contributed by atoms with Gasteiger partial charge in [-0.05, 0) is 48.5 Å². The van der Waals surface area contributed by atoms with Crippen molar-refractivity contribution in [1.82, 2.24) is 10.2 Å². The zero-order chi connectivity index (χ0) is 21.4. The highest BCUT2D eigenvalue weighted by Gasteiger charge is 2.55. The Morgan fingerprint density at radius 1 is 1.03 bits per heavy atom. The van der Waals surface area contributed by atoms with Gasteiger partial charge in [0.25, 0.3) is 5.91 Å². The van der Waals surface area contributed by atoms with E-state index in [4.69, 9.17) is 19.4 Å². The van der Waals surface area contributed by atoms with Gasteiger partial charge in [-0.1, -0.05) is 0 Å². The molecule has 0 unspecified atom stereocenters. The lowest BCUT2D eigenvalue weighted by Gasteiger charge is -2.28. The van der Waals surface area contributed by atoms with Crippen LogP contribution in [0, 0.1) is 5.82 Å². The maximum absolute atomic E-state index is 13.0. The second-order valence-electron chi connectivity index (χ2n) is 7.09. The largest absolute Gasteiger partial charge is 0.457 e. The van der Waals surface area contributed by atoms with Crippen LogP contribution in [0.15, 0.2) is 53.4 Å². The summed E-state index contributed by atoms with van der Waals surface area (Å²) in [5.41, 5.74) is -0.0768. The Morgan fingerprint density at radius 3 is 2.10 bits per heavy atom. The molecule has 30 heavy (non-hydrogen) atoms. The van der Waals surface area contributed by atoms with Gasteiger partial charge in [0.2, 0.25) is 10.0 Å². The van der Waals surface area contributed by atoms with Crippen molar-refractivity contribution in [3.8, 4) is 11.5 Å². The minimum Gasteiger partial charge on any atom is -0.457 e. The highest BCUT2D eigenvalue weighted by atomic mass is 32.2. The summed E-state index contributed by atoms with van der Waals surface area (Å²) < 4.78 is 57.5. The molecule has 1 saturated carbocycles. The van der Waals surface area contributed by atoms with Gasteiger partial charge in [0.15, 0.2) is 0 Å². The van der Waals surface area contributed by atoms with Crippen LogP contribution in [0.2, 0.25) is 0 Å². The summed E-state index contributed by atoms with van der Waals surface area (Å²) >= 11 is 0. The molecule has 1 aliphatic carbocycles. The van der Waals surface area contributed by atoms with Crippen molar-refractivity contribution in [2.75, 3.05) is 6.79 Å². The van der Waals surface area contributed by atoms with E-state index in [-0.39, 0.29) is 24.5 Å². The third-order valence-corrected chi connectivity index (χ3v) is 6.68. The first-order valence-electron chi connectivity index (χ1n) is 9.06. The summed E-state index contributed by atoms with van der Waals surface area (Å²) in [6.07, 6.45) is -0.850. The first-order chi connectivity index (χ1) is 14.3. The fourth-order valence-electron chi connectivity index (χ4n) is 3.64. The van der Waals surface area contributed by atoms with Crippen molar-refractivity contribution < 1.29 is 37.0 Å². The van der Waals surface area contributed by atoms with Crippen LogP contribution in [0.3, 0.4) is 0 Å². The molecular formula is C19H19FN2O7S. The Balaban J connectivity index is 1.52. The second-order valence-corrected chi connectivity index (χ2v) is 8.77. The molecular weight excluding hydrogens is 419 g/mol. The number of hydroxylamine groups is 1. The molecule has 160 valence electrons. The average Bonchev–Trinajstić information content (AvgIpc) is 3.29. The van der Waals surface area contributed by atoms with Gasteiger partial charge >= 0.3 is 0 Å². The first kappa shape index (κ1) is 20.7. The van der Waals surface area contributed by atoms with Gasteiger partial charge in [0, 0.05) is 12.8 Å². The molecule has 11 heteroatoms. The quantitative estimate of drug-likeness (QED) is 0.463. The number of halogens is 1. The summed E-state index contributed by atoms with van der Waals surface area (Å²) in [5, 5.41) is 9.13. The van der Waals surface area contributed by atoms with E-state index in [0.29, 0.717) is 11.5 Å². The number of benzene rings is 2. The summed E-state index contributed by atoms with van der Waals surface area (Å²) in [7, 11) is -4.12. The summed E-state index contributed by atoms with van der Waals surface area (Å²) in [4.78, 5) is 12.2. The number of nitrogens with one attached hydrogen (secondary N) is 2. The fraction of sp³-hybridized carbons (Fsp3) is 0.316. The van der Waals surface area contributed by atoms with Gasteiger partial charge in [-0.2, -0.15) is 4.72 Å². The lowest BCUT2D eigenvalue weighted by atomic mass is 9.98. The van der Waals surface area contributed by atoms with Crippen LogP contribution in [0.5, 0.6) is 11.5 Å². The maximum Gasteiger partial charge on any atom is 0.264 e. The maximum atomic E-state index is 13.0.